The lowest BCUT2D eigenvalue weighted by Crippen LogP contribution is -2.11. The molecule has 5 nitrogen and oxygen atoms in total. The van der Waals surface area contributed by atoms with Crippen molar-refractivity contribution in [1.29, 1.82) is 0 Å². The maximum absolute atomic E-state index is 11.3. The number of carbonyl (C=O) groups is 2. The predicted octanol–water partition coefficient (Wildman–Crippen LogP) is 0.739. The molecule has 0 amide bonds. The van der Waals surface area contributed by atoms with Crippen LogP contribution in [0.15, 0.2) is 18.2 Å². The summed E-state index contributed by atoms with van der Waals surface area (Å²) < 4.78 is 0. The van der Waals surface area contributed by atoms with E-state index in [2.05, 4.69) is 0 Å². The molecule has 2 rings (SSSR count). The number of hydrogen-bond acceptors (Lipinski definition) is 5. The Bertz CT molecular complexity index is 513. The third-order valence-corrected chi connectivity index (χ3v) is 2.15. The van der Waals surface area contributed by atoms with E-state index >= 15 is 0 Å². The SMILES string of the molecule is O=C1C=CC(=O)c2c1cc(O)c(O)c2O. The molecule has 0 saturated carbocycles. The molecule has 1 aromatic carbocycles. The fraction of sp³-hybridized carbons (Fsp3) is 0. The normalized spacial score (nSPS) is 14.1. The van der Waals surface area contributed by atoms with Gasteiger partial charge in [-0.05, 0) is 18.2 Å². The Morgan fingerprint density at radius 3 is 2.13 bits per heavy atom. The number of allylic oxidation sites excluding steroid dienone is 2. The van der Waals surface area contributed by atoms with Gasteiger partial charge in [-0.25, -0.2) is 0 Å². The Balaban J connectivity index is 2.83. The highest BCUT2D eigenvalue weighted by Gasteiger charge is 2.26. The van der Waals surface area contributed by atoms with Gasteiger partial charge >= 0.3 is 0 Å². The molecule has 5 heteroatoms. The smallest absolute Gasteiger partial charge is 0.201 e. The maximum Gasteiger partial charge on any atom is 0.201 e. The second-order valence-electron chi connectivity index (χ2n) is 3.08. The van der Waals surface area contributed by atoms with Gasteiger partial charge in [-0.3, -0.25) is 9.59 Å². The zero-order valence-corrected chi connectivity index (χ0v) is 7.39. The molecule has 76 valence electrons. The van der Waals surface area contributed by atoms with Crippen LogP contribution in [0.2, 0.25) is 0 Å². The summed E-state index contributed by atoms with van der Waals surface area (Å²) >= 11 is 0. The summed E-state index contributed by atoms with van der Waals surface area (Å²) in [6.07, 6.45) is 2.04. The molecule has 0 saturated heterocycles. The van der Waals surface area contributed by atoms with Crippen LogP contribution in [-0.4, -0.2) is 26.9 Å². The summed E-state index contributed by atoms with van der Waals surface area (Å²) in [5.74, 6) is -3.30. The average molecular weight is 206 g/mol. The monoisotopic (exact) mass is 206 g/mol. The van der Waals surface area contributed by atoms with Crippen molar-refractivity contribution in [2.45, 2.75) is 0 Å². The van der Waals surface area contributed by atoms with Crippen LogP contribution < -0.4 is 0 Å². The van der Waals surface area contributed by atoms with Gasteiger partial charge in [-0.2, -0.15) is 0 Å². The van der Waals surface area contributed by atoms with Crippen LogP contribution in [0.25, 0.3) is 0 Å². The number of carbonyl (C=O) groups excluding carboxylic acids is 2. The molecular formula is C10H6O5. The van der Waals surface area contributed by atoms with Gasteiger partial charge in [0.15, 0.2) is 23.1 Å². The van der Waals surface area contributed by atoms with Gasteiger partial charge in [-0.15, -0.1) is 0 Å². The zero-order chi connectivity index (χ0) is 11.2. The van der Waals surface area contributed by atoms with Gasteiger partial charge < -0.3 is 15.3 Å². The van der Waals surface area contributed by atoms with Crippen LogP contribution in [0.3, 0.4) is 0 Å². The van der Waals surface area contributed by atoms with Crippen molar-refractivity contribution < 1.29 is 24.9 Å². The third-order valence-electron chi connectivity index (χ3n) is 2.15. The Morgan fingerprint density at radius 1 is 0.867 bits per heavy atom. The van der Waals surface area contributed by atoms with Gasteiger partial charge in [-0.1, -0.05) is 0 Å². The van der Waals surface area contributed by atoms with E-state index in [4.69, 9.17) is 5.11 Å². The highest BCUT2D eigenvalue weighted by Crippen LogP contribution is 2.41. The molecule has 15 heavy (non-hydrogen) atoms. The molecular weight excluding hydrogens is 200 g/mol. The number of rotatable bonds is 0. The number of hydrogen-bond donors (Lipinski definition) is 3. The lowest BCUT2D eigenvalue weighted by atomic mass is 9.93. The summed E-state index contributed by atoms with van der Waals surface area (Å²) in [5.41, 5.74) is -0.395. The molecule has 0 fully saturated rings. The molecule has 0 aromatic heterocycles. The second kappa shape index (κ2) is 2.84. The minimum atomic E-state index is -0.801. The average Bonchev–Trinajstić information content (AvgIpc) is 2.20. The number of ketones is 2. The first-order valence-electron chi connectivity index (χ1n) is 4.07. The quantitative estimate of drug-likeness (QED) is 0.544. The van der Waals surface area contributed by atoms with Crippen molar-refractivity contribution in [2.75, 3.05) is 0 Å². The minimum Gasteiger partial charge on any atom is -0.504 e. The van der Waals surface area contributed by atoms with Crippen LogP contribution in [0.5, 0.6) is 17.2 Å². The molecule has 0 spiro atoms. The van der Waals surface area contributed by atoms with Crippen molar-refractivity contribution in [1.82, 2.24) is 0 Å². The summed E-state index contributed by atoms with van der Waals surface area (Å²) in [4.78, 5) is 22.6. The van der Waals surface area contributed by atoms with Gasteiger partial charge in [0, 0.05) is 5.56 Å². The Hall–Kier alpha value is -2.30. The Labute approximate surface area is 83.9 Å². The number of fused-ring (bicyclic) bond motifs is 1. The van der Waals surface area contributed by atoms with Crippen LogP contribution in [-0.2, 0) is 0 Å². The van der Waals surface area contributed by atoms with E-state index in [1.165, 1.54) is 0 Å². The maximum atomic E-state index is 11.3. The summed E-state index contributed by atoms with van der Waals surface area (Å²) in [6, 6.07) is 0.952. The van der Waals surface area contributed by atoms with Crippen LogP contribution in [0.4, 0.5) is 0 Å². The molecule has 0 heterocycles. The van der Waals surface area contributed by atoms with Gasteiger partial charge in [0.05, 0.1) is 5.56 Å². The van der Waals surface area contributed by atoms with Crippen LogP contribution in [0, 0.1) is 0 Å². The van der Waals surface area contributed by atoms with Crippen molar-refractivity contribution in [2.24, 2.45) is 0 Å². The minimum absolute atomic E-state index is 0.115. The van der Waals surface area contributed by atoms with E-state index in [0.717, 1.165) is 18.2 Å². The first-order valence-corrected chi connectivity index (χ1v) is 4.07. The fourth-order valence-electron chi connectivity index (χ4n) is 1.41. The van der Waals surface area contributed by atoms with E-state index in [9.17, 15) is 19.8 Å². The first-order chi connectivity index (χ1) is 7.02. The second-order valence-corrected chi connectivity index (χ2v) is 3.08. The number of phenolic OH excluding ortho intramolecular Hbond substituents is 3. The first kappa shape index (κ1) is 9.26. The zero-order valence-electron chi connectivity index (χ0n) is 7.39. The molecule has 1 aromatic rings. The number of aromatic hydroxyl groups is 3. The molecule has 1 aliphatic carbocycles. The molecule has 0 unspecified atom stereocenters. The predicted molar refractivity (Wildman–Crippen MR) is 49.2 cm³/mol. The Kier molecular flexibility index (Phi) is 1.76. The third kappa shape index (κ3) is 1.17. The van der Waals surface area contributed by atoms with Crippen molar-refractivity contribution in [3.05, 3.63) is 29.3 Å². The molecule has 0 aliphatic heterocycles. The molecule has 0 atom stereocenters. The Morgan fingerprint density at radius 2 is 1.47 bits per heavy atom. The topological polar surface area (TPSA) is 94.8 Å². The van der Waals surface area contributed by atoms with Crippen LogP contribution >= 0.6 is 0 Å². The van der Waals surface area contributed by atoms with Crippen molar-refractivity contribution in [3.8, 4) is 17.2 Å². The van der Waals surface area contributed by atoms with Gasteiger partial charge in [0.25, 0.3) is 0 Å². The van der Waals surface area contributed by atoms with Gasteiger partial charge in [0.2, 0.25) is 5.75 Å². The number of phenols is 3. The van der Waals surface area contributed by atoms with E-state index in [1.807, 2.05) is 0 Å². The molecule has 1 aliphatic rings. The lowest BCUT2D eigenvalue weighted by molar-refractivity contribution is 0.0990. The summed E-state index contributed by atoms with van der Waals surface area (Å²) in [7, 11) is 0. The summed E-state index contributed by atoms with van der Waals surface area (Å²) in [5, 5.41) is 27.7. The van der Waals surface area contributed by atoms with E-state index in [1.54, 1.807) is 0 Å². The summed E-state index contributed by atoms with van der Waals surface area (Å²) in [6.45, 7) is 0. The van der Waals surface area contributed by atoms with Crippen LogP contribution in [0.1, 0.15) is 20.7 Å². The van der Waals surface area contributed by atoms with Gasteiger partial charge in [0.1, 0.15) is 0 Å². The van der Waals surface area contributed by atoms with E-state index in [0.29, 0.717) is 0 Å². The highest BCUT2D eigenvalue weighted by molar-refractivity contribution is 6.23. The lowest BCUT2D eigenvalue weighted by Gasteiger charge is -2.12. The van der Waals surface area contributed by atoms with E-state index < -0.39 is 28.8 Å². The highest BCUT2D eigenvalue weighted by atomic mass is 16.3. The fourth-order valence-corrected chi connectivity index (χ4v) is 1.41. The standard InChI is InChI=1S/C10H6O5/c11-5-1-2-6(12)8-4(5)3-7(13)9(14)10(8)15/h1-3,13-15H. The van der Waals surface area contributed by atoms with Crippen molar-refractivity contribution in [3.63, 3.8) is 0 Å². The molecule has 0 bridgehead atoms. The molecule has 0 radical (unpaired) electrons. The van der Waals surface area contributed by atoms with Crippen molar-refractivity contribution >= 4 is 11.6 Å². The number of benzene rings is 1. The molecule has 3 N–H and O–H groups in total. The van der Waals surface area contributed by atoms with E-state index in [-0.39, 0.29) is 11.1 Å². The largest absolute Gasteiger partial charge is 0.504 e.